The van der Waals surface area contributed by atoms with Gasteiger partial charge in [0.2, 0.25) is 0 Å². The molecule has 0 amide bonds. The van der Waals surface area contributed by atoms with Crippen LogP contribution in [0.15, 0.2) is 36.4 Å². The summed E-state index contributed by atoms with van der Waals surface area (Å²) in [7, 11) is 0. The van der Waals surface area contributed by atoms with Crippen LogP contribution < -0.4 is 5.32 Å². The molecule has 0 atom stereocenters. The van der Waals surface area contributed by atoms with Gasteiger partial charge in [-0.05, 0) is 55.7 Å². The Bertz CT molecular complexity index is 558. The minimum Gasteiger partial charge on any atom is -0.367 e. The number of pyridine rings is 1. The molecule has 2 heteroatoms. The van der Waals surface area contributed by atoms with Gasteiger partial charge in [-0.3, -0.25) is 0 Å². The van der Waals surface area contributed by atoms with Crippen LogP contribution in [0.5, 0.6) is 0 Å². The molecule has 2 saturated carbocycles. The van der Waals surface area contributed by atoms with Gasteiger partial charge in [-0.15, -0.1) is 0 Å². The highest BCUT2D eigenvalue weighted by Crippen LogP contribution is 2.45. The quantitative estimate of drug-likeness (QED) is 0.875. The summed E-state index contributed by atoms with van der Waals surface area (Å²) in [5.41, 5.74) is 1.09. The summed E-state index contributed by atoms with van der Waals surface area (Å²) in [5, 5.41) is 4.90. The van der Waals surface area contributed by atoms with Crippen LogP contribution in [0.1, 0.15) is 25.7 Å². The molecule has 0 unspecified atom stereocenters. The van der Waals surface area contributed by atoms with E-state index >= 15 is 0 Å². The van der Waals surface area contributed by atoms with Crippen molar-refractivity contribution < 1.29 is 0 Å². The minimum atomic E-state index is 0.679. The van der Waals surface area contributed by atoms with Crippen LogP contribution in [0.4, 0.5) is 5.82 Å². The SMILES string of the molecule is c1ccc2nc(NC(C3CC3)C3CC3)ccc2c1. The predicted octanol–water partition coefficient (Wildman–Crippen LogP) is 3.84. The van der Waals surface area contributed by atoms with Crippen LogP contribution in [0.25, 0.3) is 10.9 Å². The second kappa shape index (κ2) is 3.98. The summed E-state index contributed by atoms with van der Waals surface area (Å²) in [4.78, 5) is 4.72. The van der Waals surface area contributed by atoms with E-state index < -0.39 is 0 Å². The first-order chi connectivity index (χ1) is 8.90. The summed E-state index contributed by atoms with van der Waals surface area (Å²) >= 11 is 0. The zero-order valence-electron chi connectivity index (χ0n) is 10.5. The van der Waals surface area contributed by atoms with Crippen molar-refractivity contribution in [3.63, 3.8) is 0 Å². The molecular formula is C16H18N2. The molecule has 1 aromatic carbocycles. The van der Waals surface area contributed by atoms with E-state index in [-0.39, 0.29) is 0 Å². The molecule has 1 aromatic heterocycles. The number of para-hydroxylation sites is 1. The fourth-order valence-electron chi connectivity index (χ4n) is 2.85. The number of aromatic nitrogens is 1. The second-order valence-electron chi connectivity index (χ2n) is 5.73. The molecule has 18 heavy (non-hydrogen) atoms. The second-order valence-corrected chi connectivity index (χ2v) is 5.73. The maximum atomic E-state index is 4.72. The predicted molar refractivity (Wildman–Crippen MR) is 74.6 cm³/mol. The number of fused-ring (bicyclic) bond motifs is 1. The first-order valence-corrected chi connectivity index (χ1v) is 7.02. The first-order valence-electron chi connectivity index (χ1n) is 7.02. The van der Waals surface area contributed by atoms with Gasteiger partial charge in [0.05, 0.1) is 5.52 Å². The number of anilines is 1. The highest BCUT2D eigenvalue weighted by Gasteiger charge is 2.41. The Hall–Kier alpha value is -1.57. The van der Waals surface area contributed by atoms with Crippen LogP contribution in [-0.2, 0) is 0 Å². The van der Waals surface area contributed by atoms with E-state index in [4.69, 9.17) is 4.98 Å². The van der Waals surface area contributed by atoms with E-state index in [9.17, 15) is 0 Å². The molecule has 2 aliphatic rings. The van der Waals surface area contributed by atoms with Crippen molar-refractivity contribution in [1.82, 2.24) is 4.98 Å². The molecule has 0 bridgehead atoms. The summed E-state index contributed by atoms with van der Waals surface area (Å²) < 4.78 is 0. The van der Waals surface area contributed by atoms with Gasteiger partial charge in [0.1, 0.15) is 5.82 Å². The highest BCUT2D eigenvalue weighted by atomic mass is 15.0. The van der Waals surface area contributed by atoms with E-state index in [1.165, 1.54) is 31.1 Å². The Morgan fingerprint density at radius 1 is 0.944 bits per heavy atom. The van der Waals surface area contributed by atoms with Crippen molar-refractivity contribution in [3.8, 4) is 0 Å². The molecule has 1 N–H and O–H groups in total. The lowest BCUT2D eigenvalue weighted by atomic mass is 10.1. The van der Waals surface area contributed by atoms with Gasteiger partial charge in [-0.1, -0.05) is 18.2 Å². The van der Waals surface area contributed by atoms with Gasteiger partial charge in [0, 0.05) is 11.4 Å². The van der Waals surface area contributed by atoms with E-state index in [0.717, 1.165) is 23.2 Å². The van der Waals surface area contributed by atoms with Gasteiger partial charge in [0.25, 0.3) is 0 Å². The lowest BCUT2D eigenvalue weighted by Gasteiger charge is -2.18. The van der Waals surface area contributed by atoms with Crippen LogP contribution in [0.2, 0.25) is 0 Å². The maximum absolute atomic E-state index is 4.72. The number of nitrogens with zero attached hydrogens (tertiary/aromatic N) is 1. The van der Waals surface area contributed by atoms with Crippen molar-refractivity contribution in [2.24, 2.45) is 11.8 Å². The van der Waals surface area contributed by atoms with Crippen LogP contribution >= 0.6 is 0 Å². The fourth-order valence-corrected chi connectivity index (χ4v) is 2.85. The van der Waals surface area contributed by atoms with E-state index in [1.807, 2.05) is 0 Å². The van der Waals surface area contributed by atoms with E-state index in [1.54, 1.807) is 0 Å². The third-order valence-electron chi connectivity index (χ3n) is 4.17. The highest BCUT2D eigenvalue weighted by molar-refractivity contribution is 5.80. The molecule has 2 aliphatic carbocycles. The average Bonchev–Trinajstić information content (AvgIpc) is 3.29. The van der Waals surface area contributed by atoms with Crippen molar-refractivity contribution >= 4 is 16.7 Å². The molecule has 0 saturated heterocycles. The molecular weight excluding hydrogens is 220 g/mol. The van der Waals surface area contributed by atoms with E-state index in [2.05, 4.69) is 41.7 Å². The molecule has 0 spiro atoms. The van der Waals surface area contributed by atoms with Crippen molar-refractivity contribution in [2.75, 3.05) is 5.32 Å². The number of hydrogen-bond donors (Lipinski definition) is 1. The average molecular weight is 238 g/mol. The first kappa shape index (κ1) is 10.4. The lowest BCUT2D eigenvalue weighted by Crippen LogP contribution is -2.24. The normalized spacial score (nSPS) is 19.4. The molecule has 2 aromatic rings. The standard InChI is InChI=1S/C16H18N2/c1-2-4-14-11(3-1)9-10-15(17-14)18-16(12-5-6-12)13-7-8-13/h1-4,9-10,12-13,16H,5-8H2,(H,17,18). The van der Waals surface area contributed by atoms with Crippen LogP contribution in [0.3, 0.4) is 0 Å². The summed E-state index contributed by atoms with van der Waals surface area (Å²) in [6, 6.07) is 13.3. The van der Waals surface area contributed by atoms with Gasteiger partial charge in [-0.25, -0.2) is 4.98 Å². The summed E-state index contributed by atoms with van der Waals surface area (Å²) in [6.07, 6.45) is 5.62. The van der Waals surface area contributed by atoms with Gasteiger partial charge in [-0.2, -0.15) is 0 Å². The van der Waals surface area contributed by atoms with Crippen LogP contribution in [-0.4, -0.2) is 11.0 Å². The van der Waals surface area contributed by atoms with Crippen molar-refractivity contribution in [3.05, 3.63) is 36.4 Å². The maximum Gasteiger partial charge on any atom is 0.126 e. The molecule has 0 aliphatic heterocycles. The summed E-state index contributed by atoms with van der Waals surface area (Å²) in [6.45, 7) is 0. The smallest absolute Gasteiger partial charge is 0.126 e. The minimum absolute atomic E-state index is 0.679. The topological polar surface area (TPSA) is 24.9 Å². The number of benzene rings is 1. The number of nitrogens with one attached hydrogen (secondary N) is 1. The number of hydrogen-bond acceptors (Lipinski definition) is 2. The zero-order valence-corrected chi connectivity index (χ0v) is 10.5. The molecule has 2 fully saturated rings. The van der Waals surface area contributed by atoms with Crippen molar-refractivity contribution in [2.45, 2.75) is 31.7 Å². The zero-order chi connectivity index (χ0) is 11.9. The summed E-state index contributed by atoms with van der Waals surface area (Å²) in [5.74, 6) is 2.87. The Morgan fingerprint density at radius 3 is 2.39 bits per heavy atom. The van der Waals surface area contributed by atoms with Crippen LogP contribution in [0, 0.1) is 11.8 Å². The van der Waals surface area contributed by atoms with Gasteiger partial charge >= 0.3 is 0 Å². The third-order valence-corrected chi connectivity index (χ3v) is 4.17. The Labute approximate surface area is 107 Å². The van der Waals surface area contributed by atoms with E-state index in [0.29, 0.717) is 6.04 Å². The van der Waals surface area contributed by atoms with Crippen molar-refractivity contribution in [1.29, 1.82) is 0 Å². The fraction of sp³-hybridized carbons (Fsp3) is 0.438. The lowest BCUT2D eigenvalue weighted by molar-refractivity contribution is 0.566. The Morgan fingerprint density at radius 2 is 1.67 bits per heavy atom. The monoisotopic (exact) mass is 238 g/mol. The number of rotatable bonds is 4. The Balaban J connectivity index is 1.61. The largest absolute Gasteiger partial charge is 0.367 e. The third kappa shape index (κ3) is 1.96. The molecule has 2 nitrogen and oxygen atoms in total. The van der Waals surface area contributed by atoms with Gasteiger partial charge in [0.15, 0.2) is 0 Å². The molecule has 92 valence electrons. The Kier molecular flexibility index (Phi) is 2.29. The molecule has 1 heterocycles. The molecule has 0 radical (unpaired) electrons. The van der Waals surface area contributed by atoms with Gasteiger partial charge < -0.3 is 5.32 Å². The molecule has 4 rings (SSSR count).